The number of rotatable bonds is 4. The number of pyridine rings is 1. The average Bonchev–Trinajstić information content (AvgIpc) is 3.20. The number of hydrogen-bond donors (Lipinski definition) is 0. The van der Waals surface area contributed by atoms with E-state index in [0.29, 0.717) is 35.4 Å². The third-order valence-electron chi connectivity index (χ3n) is 5.83. The molecule has 4 aromatic rings. The van der Waals surface area contributed by atoms with Crippen molar-refractivity contribution in [2.45, 2.75) is 13.5 Å². The SMILES string of the molecule is Cc1noc2nc(-c3ccccc3)cc(C(=O)N3CCN(Cc4ccccc4)CC3)c12. The molecule has 6 heteroatoms. The predicted octanol–water partition coefficient (Wildman–Crippen LogP) is 4.16. The van der Waals surface area contributed by atoms with Crippen LogP contribution < -0.4 is 0 Å². The van der Waals surface area contributed by atoms with E-state index in [0.717, 1.165) is 30.9 Å². The van der Waals surface area contributed by atoms with E-state index in [4.69, 9.17) is 4.52 Å². The summed E-state index contributed by atoms with van der Waals surface area (Å²) in [6.45, 7) is 5.85. The van der Waals surface area contributed by atoms with Crippen LogP contribution in [-0.2, 0) is 6.54 Å². The van der Waals surface area contributed by atoms with Crippen molar-refractivity contribution in [3.05, 3.63) is 83.6 Å². The van der Waals surface area contributed by atoms with Gasteiger partial charge in [-0.1, -0.05) is 65.8 Å². The molecule has 156 valence electrons. The molecule has 31 heavy (non-hydrogen) atoms. The summed E-state index contributed by atoms with van der Waals surface area (Å²) in [5, 5.41) is 4.77. The lowest BCUT2D eigenvalue weighted by Gasteiger charge is -2.35. The van der Waals surface area contributed by atoms with Crippen molar-refractivity contribution in [1.29, 1.82) is 0 Å². The fourth-order valence-corrected chi connectivity index (χ4v) is 4.14. The van der Waals surface area contributed by atoms with E-state index in [9.17, 15) is 4.79 Å². The molecule has 2 aromatic carbocycles. The minimum absolute atomic E-state index is 0.00948. The Morgan fingerprint density at radius 2 is 1.65 bits per heavy atom. The van der Waals surface area contributed by atoms with E-state index in [1.807, 2.05) is 54.3 Å². The number of hydrogen-bond acceptors (Lipinski definition) is 5. The third kappa shape index (κ3) is 3.94. The Labute approximate surface area is 181 Å². The molecule has 1 aliphatic rings. The van der Waals surface area contributed by atoms with Gasteiger partial charge in [0.1, 0.15) is 0 Å². The summed E-state index contributed by atoms with van der Waals surface area (Å²) in [5.41, 5.74) is 4.67. The summed E-state index contributed by atoms with van der Waals surface area (Å²) in [6.07, 6.45) is 0. The number of amides is 1. The summed E-state index contributed by atoms with van der Waals surface area (Å²) in [5.74, 6) is 0.00948. The number of nitrogens with zero attached hydrogens (tertiary/aromatic N) is 4. The van der Waals surface area contributed by atoms with E-state index in [-0.39, 0.29) is 5.91 Å². The van der Waals surface area contributed by atoms with Crippen LogP contribution in [0.5, 0.6) is 0 Å². The first-order chi connectivity index (χ1) is 15.2. The summed E-state index contributed by atoms with van der Waals surface area (Å²) >= 11 is 0. The Bertz CT molecular complexity index is 1200. The van der Waals surface area contributed by atoms with Crippen LogP contribution in [0, 0.1) is 6.92 Å². The number of aromatic nitrogens is 2. The van der Waals surface area contributed by atoms with Crippen molar-refractivity contribution in [3.8, 4) is 11.3 Å². The van der Waals surface area contributed by atoms with Gasteiger partial charge in [-0.05, 0) is 18.6 Å². The fraction of sp³-hybridized carbons (Fsp3) is 0.240. The fourth-order valence-electron chi connectivity index (χ4n) is 4.14. The minimum atomic E-state index is 0.00948. The molecule has 1 fully saturated rings. The highest BCUT2D eigenvalue weighted by molar-refractivity contribution is 6.07. The van der Waals surface area contributed by atoms with Gasteiger partial charge in [0.25, 0.3) is 11.6 Å². The maximum Gasteiger partial charge on any atom is 0.259 e. The molecule has 6 nitrogen and oxygen atoms in total. The van der Waals surface area contributed by atoms with Gasteiger partial charge in [0.2, 0.25) is 0 Å². The van der Waals surface area contributed by atoms with Crippen LogP contribution in [0.3, 0.4) is 0 Å². The van der Waals surface area contributed by atoms with Crippen molar-refractivity contribution >= 4 is 17.0 Å². The number of carbonyl (C=O) groups excluding carboxylic acids is 1. The second kappa shape index (κ2) is 8.32. The standard InChI is InChI=1S/C25H24N4O2/c1-18-23-21(16-22(26-24(23)31-27-18)20-10-6-3-7-11-20)25(30)29-14-12-28(13-15-29)17-19-8-4-2-5-9-19/h2-11,16H,12-15,17H2,1H3. The molecule has 0 radical (unpaired) electrons. The molecule has 0 N–H and O–H groups in total. The highest BCUT2D eigenvalue weighted by Crippen LogP contribution is 2.28. The minimum Gasteiger partial charge on any atom is -0.336 e. The summed E-state index contributed by atoms with van der Waals surface area (Å²) < 4.78 is 5.43. The van der Waals surface area contributed by atoms with Crippen LogP contribution in [0.4, 0.5) is 0 Å². The van der Waals surface area contributed by atoms with E-state index in [1.54, 1.807) is 0 Å². The van der Waals surface area contributed by atoms with Crippen molar-refractivity contribution in [3.63, 3.8) is 0 Å². The maximum atomic E-state index is 13.5. The predicted molar refractivity (Wildman–Crippen MR) is 120 cm³/mol. The Hall–Kier alpha value is -3.51. The molecule has 0 saturated carbocycles. The van der Waals surface area contributed by atoms with E-state index in [1.165, 1.54) is 5.56 Å². The third-order valence-corrected chi connectivity index (χ3v) is 5.83. The van der Waals surface area contributed by atoms with Gasteiger partial charge in [-0.3, -0.25) is 9.69 Å². The van der Waals surface area contributed by atoms with Crippen molar-refractivity contribution in [1.82, 2.24) is 19.9 Å². The monoisotopic (exact) mass is 412 g/mol. The van der Waals surface area contributed by atoms with Crippen molar-refractivity contribution < 1.29 is 9.32 Å². The Morgan fingerprint density at radius 1 is 0.968 bits per heavy atom. The van der Waals surface area contributed by atoms with Crippen LogP contribution in [-0.4, -0.2) is 52.0 Å². The molecule has 1 saturated heterocycles. The molecule has 1 amide bonds. The number of carbonyl (C=O) groups is 1. The lowest BCUT2D eigenvalue weighted by atomic mass is 10.0. The average molecular weight is 412 g/mol. The molecule has 2 aromatic heterocycles. The van der Waals surface area contributed by atoms with Gasteiger partial charge in [-0.2, -0.15) is 0 Å². The number of piperazine rings is 1. The number of fused-ring (bicyclic) bond motifs is 1. The molecule has 0 bridgehead atoms. The van der Waals surface area contributed by atoms with Crippen molar-refractivity contribution in [2.24, 2.45) is 0 Å². The Morgan fingerprint density at radius 3 is 2.35 bits per heavy atom. The Balaban J connectivity index is 1.39. The van der Waals surface area contributed by atoms with Gasteiger partial charge >= 0.3 is 0 Å². The van der Waals surface area contributed by atoms with Crippen LogP contribution in [0.25, 0.3) is 22.4 Å². The Kier molecular flexibility index (Phi) is 5.22. The van der Waals surface area contributed by atoms with Gasteiger partial charge in [0.05, 0.1) is 22.3 Å². The molecular formula is C25H24N4O2. The second-order valence-corrected chi connectivity index (χ2v) is 7.92. The molecule has 1 aliphatic heterocycles. The normalized spacial score (nSPS) is 14.8. The van der Waals surface area contributed by atoms with Gasteiger partial charge in [0, 0.05) is 38.3 Å². The molecule has 3 heterocycles. The number of benzene rings is 2. The molecular weight excluding hydrogens is 388 g/mol. The van der Waals surface area contributed by atoms with Gasteiger partial charge in [0.15, 0.2) is 0 Å². The van der Waals surface area contributed by atoms with Crippen LogP contribution in [0.15, 0.2) is 71.3 Å². The maximum absolute atomic E-state index is 13.5. The summed E-state index contributed by atoms with van der Waals surface area (Å²) in [7, 11) is 0. The van der Waals surface area contributed by atoms with Crippen LogP contribution in [0.2, 0.25) is 0 Å². The smallest absolute Gasteiger partial charge is 0.259 e. The molecule has 5 rings (SSSR count). The highest BCUT2D eigenvalue weighted by Gasteiger charge is 2.26. The van der Waals surface area contributed by atoms with E-state index >= 15 is 0 Å². The van der Waals surface area contributed by atoms with Crippen molar-refractivity contribution in [2.75, 3.05) is 26.2 Å². The van der Waals surface area contributed by atoms with Gasteiger partial charge < -0.3 is 9.42 Å². The van der Waals surface area contributed by atoms with Crippen LogP contribution >= 0.6 is 0 Å². The summed E-state index contributed by atoms with van der Waals surface area (Å²) in [4.78, 5) is 22.4. The first kappa shape index (κ1) is 19.5. The first-order valence-corrected chi connectivity index (χ1v) is 10.6. The lowest BCUT2D eigenvalue weighted by molar-refractivity contribution is 0.0630. The molecule has 0 spiro atoms. The first-order valence-electron chi connectivity index (χ1n) is 10.6. The largest absolute Gasteiger partial charge is 0.336 e. The van der Waals surface area contributed by atoms with E-state index < -0.39 is 0 Å². The number of aryl methyl sites for hydroxylation is 1. The molecule has 0 aliphatic carbocycles. The zero-order valence-corrected chi connectivity index (χ0v) is 17.5. The summed E-state index contributed by atoms with van der Waals surface area (Å²) in [6, 6.07) is 22.2. The zero-order valence-electron chi connectivity index (χ0n) is 17.5. The second-order valence-electron chi connectivity index (χ2n) is 7.92. The molecule has 0 unspecified atom stereocenters. The zero-order chi connectivity index (χ0) is 21.2. The van der Waals surface area contributed by atoms with Gasteiger partial charge in [-0.15, -0.1) is 0 Å². The molecule has 0 atom stereocenters. The highest BCUT2D eigenvalue weighted by atomic mass is 16.5. The van der Waals surface area contributed by atoms with Gasteiger partial charge in [-0.25, -0.2) is 4.98 Å². The lowest BCUT2D eigenvalue weighted by Crippen LogP contribution is -2.48. The topological polar surface area (TPSA) is 62.5 Å². The van der Waals surface area contributed by atoms with Crippen LogP contribution in [0.1, 0.15) is 21.6 Å². The quantitative estimate of drug-likeness (QED) is 0.504. The van der Waals surface area contributed by atoms with E-state index in [2.05, 4.69) is 39.3 Å².